The van der Waals surface area contributed by atoms with Crippen molar-refractivity contribution in [3.05, 3.63) is 0 Å². The molecule has 21 heavy (non-hydrogen) atoms. The molecular formula is C14H30N4O3. The van der Waals surface area contributed by atoms with Gasteiger partial charge in [0, 0.05) is 13.2 Å². The van der Waals surface area contributed by atoms with Gasteiger partial charge >= 0.3 is 6.09 Å². The number of alkyl carbamates (subject to hydrolysis) is 1. The lowest BCUT2D eigenvalue weighted by Gasteiger charge is -2.19. The molecule has 0 spiro atoms. The lowest BCUT2D eigenvalue weighted by molar-refractivity contribution is 0.147. The number of amides is 1. The molecule has 0 aliphatic heterocycles. The first kappa shape index (κ1) is 19.5. The van der Waals surface area contributed by atoms with E-state index in [-0.39, 0.29) is 12.1 Å². The van der Waals surface area contributed by atoms with Crippen molar-refractivity contribution in [1.82, 2.24) is 10.6 Å². The second-order valence-electron chi connectivity index (χ2n) is 5.42. The highest BCUT2D eigenvalue weighted by Gasteiger charge is 2.14. The summed E-state index contributed by atoms with van der Waals surface area (Å²) in [7, 11) is 1.63. The van der Waals surface area contributed by atoms with Crippen LogP contribution >= 0.6 is 0 Å². The zero-order valence-corrected chi connectivity index (χ0v) is 13.8. The van der Waals surface area contributed by atoms with Crippen LogP contribution in [0.5, 0.6) is 0 Å². The zero-order valence-electron chi connectivity index (χ0n) is 13.8. The van der Waals surface area contributed by atoms with Gasteiger partial charge in [-0.15, -0.1) is 0 Å². The maximum absolute atomic E-state index is 11.5. The quantitative estimate of drug-likeness (QED) is 0.437. The Morgan fingerprint density at radius 2 is 1.95 bits per heavy atom. The van der Waals surface area contributed by atoms with Gasteiger partial charge in [-0.05, 0) is 26.2 Å². The summed E-state index contributed by atoms with van der Waals surface area (Å²) in [6, 6.07) is -0.0116. The molecule has 7 heteroatoms. The zero-order chi connectivity index (χ0) is 16.3. The van der Waals surface area contributed by atoms with E-state index >= 15 is 0 Å². The lowest BCUT2D eigenvalue weighted by Crippen LogP contribution is -2.43. The number of nitrogens with zero attached hydrogens (tertiary/aromatic N) is 1. The third-order valence-corrected chi connectivity index (χ3v) is 2.65. The van der Waals surface area contributed by atoms with Gasteiger partial charge in [0.15, 0.2) is 5.96 Å². The van der Waals surface area contributed by atoms with Gasteiger partial charge in [-0.2, -0.15) is 0 Å². The molecule has 0 rings (SSSR count). The van der Waals surface area contributed by atoms with Crippen LogP contribution < -0.4 is 16.4 Å². The molecule has 4 N–H and O–H groups in total. The Hall–Kier alpha value is -1.50. The van der Waals surface area contributed by atoms with Crippen molar-refractivity contribution in [3.63, 3.8) is 0 Å². The molecule has 0 radical (unpaired) electrons. The monoisotopic (exact) mass is 302 g/mol. The van der Waals surface area contributed by atoms with Crippen LogP contribution in [-0.4, -0.2) is 51.0 Å². The second-order valence-corrected chi connectivity index (χ2v) is 5.42. The molecule has 2 unspecified atom stereocenters. The number of nitrogens with one attached hydrogen (secondary N) is 2. The van der Waals surface area contributed by atoms with E-state index < -0.39 is 6.09 Å². The van der Waals surface area contributed by atoms with E-state index in [4.69, 9.17) is 15.2 Å². The third-order valence-electron chi connectivity index (χ3n) is 2.65. The molecule has 0 saturated carbocycles. The number of guanidine groups is 1. The Morgan fingerprint density at radius 1 is 1.29 bits per heavy atom. The SMILES string of the molecule is CCOC(=O)NC(CN=C(N)NC(C)COC)CC(C)C. The number of nitrogens with two attached hydrogens (primary N) is 1. The molecular weight excluding hydrogens is 272 g/mol. The normalized spacial score (nSPS) is 14.7. The van der Waals surface area contributed by atoms with Gasteiger partial charge in [-0.1, -0.05) is 13.8 Å². The molecule has 0 bridgehead atoms. The van der Waals surface area contributed by atoms with Crippen LogP contribution in [-0.2, 0) is 9.47 Å². The van der Waals surface area contributed by atoms with Gasteiger partial charge < -0.3 is 25.8 Å². The number of aliphatic imine (C=N–C) groups is 1. The summed E-state index contributed by atoms with van der Waals surface area (Å²) in [5.41, 5.74) is 5.81. The fourth-order valence-corrected chi connectivity index (χ4v) is 1.89. The van der Waals surface area contributed by atoms with Gasteiger partial charge in [-0.3, -0.25) is 4.99 Å². The minimum absolute atomic E-state index is 0.0836. The minimum Gasteiger partial charge on any atom is -0.450 e. The van der Waals surface area contributed by atoms with E-state index in [1.165, 1.54) is 0 Å². The average molecular weight is 302 g/mol. The molecule has 0 aromatic carbocycles. The van der Waals surface area contributed by atoms with Crippen LogP contribution in [0.3, 0.4) is 0 Å². The number of hydrogen-bond acceptors (Lipinski definition) is 4. The largest absolute Gasteiger partial charge is 0.450 e. The third kappa shape index (κ3) is 10.9. The molecule has 0 aliphatic carbocycles. The van der Waals surface area contributed by atoms with Crippen molar-refractivity contribution in [2.45, 2.75) is 46.2 Å². The van der Waals surface area contributed by atoms with Crippen LogP contribution in [0.15, 0.2) is 4.99 Å². The van der Waals surface area contributed by atoms with E-state index in [1.54, 1.807) is 14.0 Å². The lowest BCUT2D eigenvalue weighted by atomic mass is 10.0. The number of methoxy groups -OCH3 is 1. The first-order valence-electron chi connectivity index (χ1n) is 7.37. The maximum Gasteiger partial charge on any atom is 0.407 e. The average Bonchev–Trinajstić information content (AvgIpc) is 2.35. The molecule has 0 aromatic heterocycles. The number of carbonyl (C=O) groups is 1. The summed E-state index contributed by atoms with van der Waals surface area (Å²) >= 11 is 0. The summed E-state index contributed by atoms with van der Waals surface area (Å²) < 4.78 is 9.91. The van der Waals surface area contributed by atoms with E-state index in [1.807, 2.05) is 6.92 Å². The first-order chi connectivity index (χ1) is 9.88. The number of rotatable bonds is 9. The summed E-state index contributed by atoms with van der Waals surface area (Å²) in [6.07, 6.45) is 0.390. The van der Waals surface area contributed by atoms with Crippen molar-refractivity contribution in [2.75, 3.05) is 26.9 Å². The number of hydrogen-bond donors (Lipinski definition) is 3. The standard InChI is InChI=1S/C14H30N4O3/c1-6-21-14(19)18-12(7-10(2)3)8-16-13(15)17-11(4)9-20-5/h10-12H,6-9H2,1-5H3,(H,18,19)(H3,15,16,17). The van der Waals surface area contributed by atoms with Crippen molar-refractivity contribution >= 4 is 12.1 Å². The van der Waals surface area contributed by atoms with E-state index in [9.17, 15) is 4.79 Å². The molecule has 124 valence electrons. The highest BCUT2D eigenvalue weighted by molar-refractivity contribution is 5.78. The Balaban J connectivity index is 4.41. The van der Waals surface area contributed by atoms with Crippen LogP contribution in [0.4, 0.5) is 4.79 Å². The van der Waals surface area contributed by atoms with Crippen molar-refractivity contribution in [2.24, 2.45) is 16.6 Å². The number of ether oxygens (including phenoxy) is 2. The van der Waals surface area contributed by atoms with Crippen molar-refractivity contribution in [1.29, 1.82) is 0 Å². The Labute approximate surface area is 127 Å². The summed E-state index contributed by atoms with van der Waals surface area (Å²) in [4.78, 5) is 15.8. The van der Waals surface area contributed by atoms with E-state index in [0.29, 0.717) is 31.6 Å². The smallest absolute Gasteiger partial charge is 0.407 e. The highest BCUT2D eigenvalue weighted by atomic mass is 16.5. The molecule has 7 nitrogen and oxygen atoms in total. The second kappa shape index (κ2) is 11.2. The minimum atomic E-state index is -0.419. The molecule has 0 saturated heterocycles. The molecule has 0 fully saturated rings. The molecule has 2 atom stereocenters. The van der Waals surface area contributed by atoms with E-state index in [0.717, 1.165) is 6.42 Å². The highest BCUT2D eigenvalue weighted by Crippen LogP contribution is 2.05. The molecule has 1 amide bonds. The van der Waals surface area contributed by atoms with Gasteiger partial charge in [-0.25, -0.2) is 4.79 Å². The number of carbonyl (C=O) groups excluding carboxylic acids is 1. The fourth-order valence-electron chi connectivity index (χ4n) is 1.89. The maximum atomic E-state index is 11.5. The van der Waals surface area contributed by atoms with Crippen LogP contribution in [0, 0.1) is 5.92 Å². The van der Waals surface area contributed by atoms with Crippen LogP contribution in [0.2, 0.25) is 0 Å². The van der Waals surface area contributed by atoms with Crippen molar-refractivity contribution < 1.29 is 14.3 Å². The molecule has 0 aliphatic rings. The predicted octanol–water partition coefficient (Wildman–Crippen LogP) is 1.09. The molecule has 0 heterocycles. The summed E-state index contributed by atoms with van der Waals surface area (Å²) in [6.45, 7) is 9.21. The summed E-state index contributed by atoms with van der Waals surface area (Å²) in [5.74, 6) is 0.785. The van der Waals surface area contributed by atoms with Gasteiger partial charge in [0.25, 0.3) is 0 Å². The predicted molar refractivity (Wildman–Crippen MR) is 84.4 cm³/mol. The topological polar surface area (TPSA) is 98.0 Å². The first-order valence-corrected chi connectivity index (χ1v) is 7.37. The Morgan fingerprint density at radius 3 is 2.48 bits per heavy atom. The van der Waals surface area contributed by atoms with Crippen LogP contribution in [0.25, 0.3) is 0 Å². The fraction of sp³-hybridized carbons (Fsp3) is 0.857. The van der Waals surface area contributed by atoms with Gasteiger partial charge in [0.1, 0.15) is 0 Å². The van der Waals surface area contributed by atoms with Crippen molar-refractivity contribution in [3.8, 4) is 0 Å². The Bertz CT molecular complexity index is 321. The summed E-state index contributed by atoms with van der Waals surface area (Å²) in [5, 5.41) is 5.83. The van der Waals surface area contributed by atoms with E-state index in [2.05, 4.69) is 29.5 Å². The Kier molecular flexibility index (Phi) is 10.4. The molecule has 0 aromatic rings. The van der Waals surface area contributed by atoms with Crippen LogP contribution in [0.1, 0.15) is 34.1 Å². The van der Waals surface area contributed by atoms with Gasteiger partial charge in [0.2, 0.25) is 0 Å². The van der Waals surface area contributed by atoms with Gasteiger partial charge in [0.05, 0.1) is 25.8 Å².